The largest absolute Gasteiger partial charge is 0.459 e. The first-order valence-electron chi connectivity index (χ1n) is 7.28. The van der Waals surface area contributed by atoms with Gasteiger partial charge in [0, 0.05) is 18.6 Å². The Morgan fingerprint density at radius 3 is 2.23 bits per heavy atom. The Labute approximate surface area is 140 Å². The summed E-state index contributed by atoms with van der Waals surface area (Å²) in [5, 5.41) is 0. The van der Waals surface area contributed by atoms with E-state index in [-0.39, 0.29) is 17.8 Å². The minimum atomic E-state index is -0.852. The van der Waals surface area contributed by atoms with E-state index in [9.17, 15) is 9.59 Å². The van der Waals surface area contributed by atoms with Crippen LogP contribution in [0.1, 0.15) is 32.8 Å². The molecule has 2 atom stereocenters. The minimum absolute atomic E-state index is 0.0335. The molecule has 22 heavy (non-hydrogen) atoms. The molecule has 0 aliphatic heterocycles. The number of hydrogen-bond donors (Lipinski definition) is 0. The highest BCUT2D eigenvalue weighted by atomic mass is 79.9. The van der Waals surface area contributed by atoms with Gasteiger partial charge in [-0.3, -0.25) is 9.59 Å². The Balaban J connectivity index is 2.37. The Morgan fingerprint density at radius 1 is 1.23 bits per heavy atom. The third kappa shape index (κ3) is 3.19. The van der Waals surface area contributed by atoms with Gasteiger partial charge in [0.05, 0.1) is 5.92 Å². The Kier molecular flexibility index (Phi) is 4.39. The molecule has 0 saturated heterocycles. The fourth-order valence-corrected chi connectivity index (χ4v) is 2.92. The number of esters is 1. The molecule has 4 nitrogen and oxygen atoms in total. The van der Waals surface area contributed by atoms with Crippen molar-refractivity contribution in [3.05, 3.63) is 34.3 Å². The molecular formula is C17H22BrNO3. The van der Waals surface area contributed by atoms with Crippen LogP contribution >= 0.6 is 15.9 Å². The SMILES string of the molecule is CN(C)C(=O)[C@@H]1C[C@]1(C(=O)OC(C)(C)C)c1ccc(Br)cc1. The van der Waals surface area contributed by atoms with E-state index < -0.39 is 11.0 Å². The molecule has 0 bridgehead atoms. The summed E-state index contributed by atoms with van der Waals surface area (Å²) in [5.41, 5.74) is -0.589. The number of nitrogens with zero attached hydrogens (tertiary/aromatic N) is 1. The standard InChI is InChI=1S/C17H22BrNO3/c1-16(2,3)22-15(21)17(10-13(17)14(20)19(4)5)11-6-8-12(18)9-7-11/h6-9,13H,10H2,1-5H3/t13-,17-/m0/s1. The second-order valence-corrected chi connectivity index (χ2v) is 7.89. The second kappa shape index (κ2) is 5.69. The van der Waals surface area contributed by atoms with E-state index in [1.54, 1.807) is 14.1 Å². The molecule has 0 radical (unpaired) electrons. The summed E-state index contributed by atoms with van der Waals surface area (Å²) in [5.74, 6) is -0.699. The lowest BCUT2D eigenvalue weighted by molar-refractivity contribution is -0.159. The Morgan fingerprint density at radius 2 is 1.77 bits per heavy atom. The molecule has 120 valence electrons. The molecule has 0 N–H and O–H groups in total. The lowest BCUT2D eigenvalue weighted by Gasteiger charge is -2.25. The number of hydrogen-bond acceptors (Lipinski definition) is 3. The summed E-state index contributed by atoms with van der Waals surface area (Å²) in [6, 6.07) is 7.54. The van der Waals surface area contributed by atoms with E-state index in [1.807, 2.05) is 45.0 Å². The molecule has 2 rings (SSSR count). The zero-order valence-electron chi connectivity index (χ0n) is 13.6. The van der Waals surface area contributed by atoms with Gasteiger partial charge < -0.3 is 9.64 Å². The summed E-state index contributed by atoms with van der Waals surface area (Å²) in [7, 11) is 3.42. The van der Waals surface area contributed by atoms with E-state index in [1.165, 1.54) is 4.90 Å². The van der Waals surface area contributed by atoms with Gasteiger partial charge in [0.15, 0.2) is 0 Å². The molecule has 1 fully saturated rings. The molecular weight excluding hydrogens is 346 g/mol. The number of ether oxygens (including phenoxy) is 1. The lowest BCUT2D eigenvalue weighted by Crippen LogP contribution is -2.36. The van der Waals surface area contributed by atoms with Crippen molar-refractivity contribution in [3.8, 4) is 0 Å². The molecule has 1 aliphatic rings. The van der Waals surface area contributed by atoms with Crippen LogP contribution in [0.3, 0.4) is 0 Å². The van der Waals surface area contributed by atoms with Crippen molar-refractivity contribution in [3.63, 3.8) is 0 Å². The van der Waals surface area contributed by atoms with Crippen molar-refractivity contribution >= 4 is 27.8 Å². The monoisotopic (exact) mass is 367 g/mol. The fraction of sp³-hybridized carbons (Fsp3) is 0.529. The van der Waals surface area contributed by atoms with Gasteiger partial charge in [-0.25, -0.2) is 0 Å². The normalized spacial score (nSPS) is 23.8. The highest BCUT2D eigenvalue weighted by Crippen LogP contribution is 2.56. The maximum absolute atomic E-state index is 12.8. The van der Waals surface area contributed by atoms with Gasteiger partial charge in [0.2, 0.25) is 5.91 Å². The van der Waals surface area contributed by atoms with E-state index >= 15 is 0 Å². The van der Waals surface area contributed by atoms with Crippen molar-refractivity contribution in [2.24, 2.45) is 5.92 Å². The highest BCUT2D eigenvalue weighted by Gasteiger charge is 2.66. The molecule has 1 aliphatic carbocycles. The van der Waals surface area contributed by atoms with E-state index in [0.717, 1.165) is 10.0 Å². The van der Waals surface area contributed by atoms with Gasteiger partial charge in [0.25, 0.3) is 0 Å². The van der Waals surface area contributed by atoms with Crippen LogP contribution in [0.2, 0.25) is 0 Å². The molecule has 0 heterocycles. The predicted molar refractivity (Wildman–Crippen MR) is 88.5 cm³/mol. The summed E-state index contributed by atoms with van der Waals surface area (Å²) in [6.45, 7) is 5.52. The number of halogens is 1. The quantitative estimate of drug-likeness (QED) is 0.771. The Hall–Kier alpha value is -1.36. The van der Waals surface area contributed by atoms with Gasteiger partial charge >= 0.3 is 5.97 Å². The molecule has 1 aromatic rings. The molecule has 1 aromatic carbocycles. The topological polar surface area (TPSA) is 46.6 Å². The average Bonchev–Trinajstić information content (AvgIpc) is 3.13. The van der Waals surface area contributed by atoms with E-state index in [2.05, 4.69) is 15.9 Å². The predicted octanol–water partition coefficient (Wildman–Crippen LogP) is 3.14. The second-order valence-electron chi connectivity index (χ2n) is 6.97. The van der Waals surface area contributed by atoms with Crippen LogP contribution in [-0.2, 0) is 19.7 Å². The number of rotatable bonds is 3. The molecule has 0 spiro atoms. The average molecular weight is 368 g/mol. The summed E-state index contributed by atoms with van der Waals surface area (Å²) in [6.07, 6.45) is 0.501. The zero-order valence-corrected chi connectivity index (χ0v) is 15.2. The summed E-state index contributed by atoms with van der Waals surface area (Å²) in [4.78, 5) is 26.6. The third-order valence-corrected chi connectivity index (χ3v) is 4.35. The lowest BCUT2D eigenvalue weighted by atomic mass is 9.92. The number of carbonyl (C=O) groups excluding carboxylic acids is 2. The van der Waals surface area contributed by atoms with Crippen molar-refractivity contribution in [2.45, 2.75) is 38.2 Å². The van der Waals surface area contributed by atoms with Gasteiger partial charge in [-0.05, 0) is 44.9 Å². The van der Waals surface area contributed by atoms with Crippen LogP contribution in [-0.4, -0.2) is 36.5 Å². The number of amides is 1. The molecule has 1 amide bonds. The molecule has 0 aromatic heterocycles. The maximum atomic E-state index is 12.8. The van der Waals surface area contributed by atoms with Crippen LogP contribution < -0.4 is 0 Å². The first-order valence-corrected chi connectivity index (χ1v) is 8.08. The number of carbonyl (C=O) groups is 2. The van der Waals surface area contributed by atoms with Crippen LogP contribution in [0.5, 0.6) is 0 Å². The van der Waals surface area contributed by atoms with E-state index in [4.69, 9.17) is 4.74 Å². The first-order chi connectivity index (χ1) is 10.1. The van der Waals surface area contributed by atoms with Gasteiger partial charge in [-0.2, -0.15) is 0 Å². The van der Waals surface area contributed by atoms with Crippen molar-refractivity contribution in [1.82, 2.24) is 4.90 Å². The minimum Gasteiger partial charge on any atom is -0.459 e. The van der Waals surface area contributed by atoms with Gasteiger partial charge in [0.1, 0.15) is 11.0 Å². The highest BCUT2D eigenvalue weighted by molar-refractivity contribution is 9.10. The summed E-state index contributed by atoms with van der Waals surface area (Å²) >= 11 is 3.39. The first kappa shape index (κ1) is 17.0. The molecule has 1 saturated carbocycles. The fourth-order valence-electron chi connectivity index (χ4n) is 2.65. The molecule has 5 heteroatoms. The third-order valence-electron chi connectivity index (χ3n) is 3.82. The van der Waals surface area contributed by atoms with Crippen molar-refractivity contribution in [1.29, 1.82) is 0 Å². The zero-order chi connectivity index (χ0) is 16.7. The van der Waals surface area contributed by atoms with Crippen molar-refractivity contribution in [2.75, 3.05) is 14.1 Å². The van der Waals surface area contributed by atoms with Gasteiger partial charge in [-0.1, -0.05) is 28.1 Å². The Bertz CT molecular complexity index is 589. The maximum Gasteiger partial charge on any atom is 0.317 e. The number of benzene rings is 1. The smallest absolute Gasteiger partial charge is 0.317 e. The van der Waals surface area contributed by atoms with Crippen LogP contribution in [0, 0.1) is 5.92 Å². The van der Waals surface area contributed by atoms with Crippen LogP contribution in [0.15, 0.2) is 28.7 Å². The molecule has 0 unspecified atom stereocenters. The van der Waals surface area contributed by atoms with Crippen LogP contribution in [0.4, 0.5) is 0 Å². The van der Waals surface area contributed by atoms with E-state index in [0.29, 0.717) is 6.42 Å². The van der Waals surface area contributed by atoms with Crippen molar-refractivity contribution < 1.29 is 14.3 Å². The van der Waals surface area contributed by atoms with Crippen LogP contribution in [0.25, 0.3) is 0 Å². The van der Waals surface area contributed by atoms with Gasteiger partial charge in [-0.15, -0.1) is 0 Å². The summed E-state index contributed by atoms with van der Waals surface area (Å²) < 4.78 is 6.53.